The van der Waals surface area contributed by atoms with E-state index in [1.807, 2.05) is 13.8 Å². The third kappa shape index (κ3) is 4.69. The van der Waals surface area contributed by atoms with Crippen molar-refractivity contribution in [3.63, 3.8) is 0 Å². The monoisotopic (exact) mass is 268 g/mol. The van der Waals surface area contributed by atoms with Gasteiger partial charge in [0.25, 0.3) is 0 Å². The van der Waals surface area contributed by atoms with Crippen LogP contribution in [0.4, 0.5) is 14.5 Å². The second-order valence-electron chi connectivity index (χ2n) is 4.34. The van der Waals surface area contributed by atoms with Gasteiger partial charge in [0.2, 0.25) is 5.91 Å². The molecule has 19 heavy (non-hydrogen) atoms. The van der Waals surface area contributed by atoms with Crippen molar-refractivity contribution in [2.24, 2.45) is 0 Å². The van der Waals surface area contributed by atoms with E-state index in [-0.39, 0.29) is 18.1 Å². The number of amides is 1. The number of anilines is 1. The van der Waals surface area contributed by atoms with Gasteiger partial charge in [-0.25, -0.2) is 8.78 Å². The fourth-order valence-electron chi connectivity index (χ4n) is 1.62. The topological polar surface area (TPSA) is 32.3 Å². The summed E-state index contributed by atoms with van der Waals surface area (Å²) in [5, 5.41) is 2.61. The maximum Gasteiger partial charge on any atom is 0.242 e. The summed E-state index contributed by atoms with van der Waals surface area (Å²) in [6.45, 7) is 8.34. The molecule has 1 aromatic rings. The van der Waals surface area contributed by atoms with E-state index >= 15 is 0 Å². The smallest absolute Gasteiger partial charge is 0.242 e. The Morgan fingerprint density at radius 2 is 2.11 bits per heavy atom. The molecule has 1 rings (SSSR count). The molecule has 0 saturated carbocycles. The summed E-state index contributed by atoms with van der Waals surface area (Å²) in [5.41, 5.74) is 0.854. The number of likely N-dealkylation sites (N-methyl/N-ethyl adjacent to an activating group) is 1. The minimum absolute atomic E-state index is 0.0141. The number of nitrogens with one attached hydrogen (secondary N) is 1. The van der Waals surface area contributed by atoms with Crippen molar-refractivity contribution in [1.82, 2.24) is 4.90 Å². The van der Waals surface area contributed by atoms with Crippen LogP contribution in [0.15, 0.2) is 30.4 Å². The van der Waals surface area contributed by atoms with Gasteiger partial charge in [-0.05, 0) is 32.0 Å². The van der Waals surface area contributed by atoms with Gasteiger partial charge < -0.3 is 10.2 Å². The van der Waals surface area contributed by atoms with Gasteiger partial charge in [-0.3, -0.25) is 4.79 Å². The lowest BCUT2D eigenvalue weighted by molar-refractivity contribution is -0.128. The van der Waals surface area contributed by atoms with Crippen molar-refractivity contribution in [1.29, 1.82) is 0 Å². The van der Waals surface area contributed by atoms with Crippen LogP contribution in [0.3, 0.4) is 0 Å². The molecule has 3 nitrogen and oxygen atoms in total. The van der Waals surface area contributed by atoms with Crippen LogP contribution in [0.5, 0.6) is 0 Å². The third-order valence-electron chi connectivity index (χ3n) is 2.55. The van der Waals surface area contributed by atoms with Crippen LogP contribution in [-0.2, 0) is 4.79 Å². The highest BCUT2D eigenvalue weighted by atomic mass is 19.1. The Morgan fingerprint density at radius 3 is 2.68 bits per heavy atom. The Kier molecular flexibility index (Phi) is 5.48. The standard InChI is InChI=1S/C14H18F2N2O/c1-4-18(9-10(2)3)14(19)8-17-13-7-11(15)5-6-12(13)16/h5-7,17H,2,4,8-9H2,1,3H3. The van der Waals surface area contributed by atoms with Gasteiger partial charge in [0.05, 0.1) is 12.2 Å². The molecule has 1 amide bonds. The number of hydrogen-bond acceptors (Lipinski definition) is 2. The quantitative estimate of drug-likeness (QED) is 0.805. The molecule has 1 N–H and O–H groups in total. The second kappa shape index (κ2) is 6.87. The molecule has 104 valence electrons. The van der Waals surface area contributed by atoms with Crippen LogP contribution in [0.25, 0.3) is 0 Å². The second-order valence-corrected chi connectivity index (χ2v) is 4.34. The summed E-state index contributed by atoms with van der Waals surface area (Å²) in [7, 11) is 0. The average Bonchev–Trinajstić information content (AvgIpc) is 2.36. The van der Waals surface area contributed by atoms with E-state index in [2.05, 4.69) is 11.9 Å². The van der Waals surface area contributed by atoms with Gasteiger partial charge in [0.1, 0.15) is 11.6 Å². The normalized spacial score (nSPS) is 10.1. The fraction of sp³-hybridized carbons (Fsp3) is 0.357. The van der Waals surface area contributed by atoms with Gasteiger partial charge >= 0.3 is 0 Å². The zero-order valence-corrected chi connectivity index (χ0v) is 11.2. The van der Waals surface area contributed by atoms with Gasteiger partial charge in [0.15, 0.2) is 0 Å². The minimum atomic E-state index is -0.586. The van der Waals surface area contributed by atoms with Crippen molar-refractivity contribution in [2.45, 2.75) is 13.8 Å². The van der Waals surface area contributed by atoms with Crippen LogP contribution < -0.4 is 5.32 Å². The van der Waals surface area contributed by atoms with Gasteiger partial charge in [-0.1, -0.05) is 12.2 Å². The van der Waals surface area contributed by atoms with Crippen molar-refractivity contribution < 1.29 is 13.6 Å². The number of hydrogen-bond donors (Lipinski definition) is 1. The summed E-state index contributed by atoms with van der Waals surface area (Å²) >= 11 is 0. The molecule has 0 aliphatic carbocycles. The molecule has 0 aliphatic heterocycles. The van der Waals surface area contributed by atoms with E-state index in [9.17, 15) is 13.6 Å². The van der Waals surface area contributed by atoms with Crippen LogP contribution in [0, 0.1) is 11.6 Å². The fourth-order valence-corrected chi connectivity index (χ4v) is 1.62. The van der Waals surface area contributed by atoms with E-state index in [1.165, 1.54) is 0 Å². The Morgan fingerprint density at radius 1 is 1.42 bits per heavy atom. The first-order chi connectivity index (χ1) is 8.93. The molecule has 0 fully saturated rings. The maximum atomic E-state index is 13.3. The molecule has 0 saturated heterocycles. The Balaban J connectivity index is 2.62. The van der Waals surface area contributed by atoms with Gasteiger partial charge in [-0.15, -0.1) is 0 Å². The van der Waals surface area contributed by atoms with E-state index in [1.54, 1.807) is 4.90 Å². The zero-order chi connectivity index (χ0) is 14.4. The number of benzene rings is 1. The van der Waals surface area contributed by atoms with Crippen molar-refractivity contribution in [3.05, 3.63) is 42.0 Å². The van der Waals surface area contributed by atoms with Gasteiger partial charge in [0, 0.05) is 13.1 Å². The summed E-state index contributed by atoms with van der Waals surface area (Å²) in [5.74, 6) is -1.32. The summed E-state index contributed by atoms with van der Waals surface area (Å²) in [6.07, 6.45) is 0. The summed E-state index contributed by atoms with van der Waals surface area (Å²) < 4.78 is 26.3. The molecule has 0 bridgehead atoms. The lowest BCUT2D eigenvalue weighted by Gasteiger charge is -2.21. The molecule has 0 heterocycles. The molecule has 0 aromatic heterocycles. The largest absolute Gasteiger partial charge is 0.374 e. The molecule has 1 aromatic carbocycles. The van der Waals surface area contributed by atoms with E-state index in [0.717, 1.165) is 23.8 Å². The number of rotatable bonds is 6. The highest BCUT2D eigenvalue weighted by Crippen LogP contribution is 2.14. The van der Waals surface area contributed by atoms with Crippen LogP contribution in [0.1, 0.15) is 13.8 Å². The Hall–Kier alpha value is -1.91. The molecular weight excluding hydrogens is 250 g/mol. The Labute approximate surface area is 111 Å². The van der Waals surface area contributed by atoms with Crippen molar-refractivity contribution >= 4 is 11.6 Å². The zero-order valence-electron chi connectivity index (χ0n) is 11.2. The predicted molar refractivity (Wildman–Crippen MR) is 71.9 cm³/mol. The van der Waals surface area contributed by atoms with Crippen LogP contribution in [-0.4, -0.2) is 30.4 Å². The number of halogens is 2. The molecule has 0 radical (unpaired) electrons. The predicted octanol–water partition coefficient (Wildman–Crippen LogP) is 2.80. The van der Waals surface area contributed by atoms with Crippen LogP contribution in [0.2, 0.25) is 0 Å². The van der Waals surface area contributed by atoms with E-state index < -0.39 is 11.6 Å². The molecule has 5 heteroatoms. The first-order valence-electron chi connectivity index (χ1n) is 6.05. The highest BCUT2D eigenvalue weighted by Gasteiger charge is 2.12. The number of carbonyl (C=O) groups excluding carboxylic acids is 1. The highest BCUT2D eigenvalue weighted by molar-refractivity contribution is 5.81. The van der Waals surface area contributed by atoms with E-state index in [0.29, 0.717) is 13.1 Å². The average molecular weight is 268 g/mol. The van der Waals surface area contributed by atoms with E-state index in [4.69, 9.17) is 0 Å². The molecule has 0 spiro atoms. The minimum Gasteiger partial charge on any atom is -0.374 e. The van der Waals surface area contributed by atoms with Crippen molar-refractivity contribution in [3.8, 4) is 0 Å². The number of nitrogens with zero attached hydrogens (tertiary/aromatic N) is 1. The van der Waals surface area contributed by atoms with Gasteiger partial charge in [-0.2, -0.15) is 0 Å². The molecule has 0 unspecified atom stereocenters. The summed E-state index contributed by atoms with van der Waals surface area (Å²) in [6, 6.07) is 3.08. The van der Waals surface area contributed by atoms with Crippen molar-refractivity contribution in [2.75, 3.05) is 25.0 Å². The molecule has 0 aliphatic rings. The lowest BCUT2D eigenvalue weighted by atomic mass is 10.3. The summed E-state index contributed by atoms with van der Waals surface area (Å²) in [4.78, 5) is 13.5. The first kappa shape index (κ1) is 15.1. The first-order valence-corrected chi connectivity index (χ1v) is 6.05. The SMILES string of the molecule is C=C(C)CN(CC)C(=O)CNc1cc(F)ccc1F. The number of carbonyl (C=O) groups is 1. The molecule has 0 atom stereocenters. The maximum absolute atomic E-state index is 13.3. The van der Waals surface area contributed by atoms with Crippen LogP contribution >= 0.6 is 0 Å². The Bertz CT molecular complexity index is 475. The third-order valence-corrected chi connectivity index (χ3v) is 2.55. The lowest BCUT2D eigenvalue weighted by Crippen LogP contribution is -2.36. The molecular formula is C14H18F2N2O.